The highest BCUT2D eigenvalue weighted by Crippen LogP contribution is 2.26. The maximum Gasteiger partial charge on any atom is 0.243 e. The molecule has 1 fully saturated rings. The van der Waals surface area contributed by atoms with Crippen LogP contribution >= 0.6 is 0 Å². The Hall–Kier alpha value is -1.96. The third-order valence-electron chi connectivity index (χ3n) is 5.19. The number of hydrogen-bond acceptors (Lipinski definition) is 4. The van der Waals surface area contributed by atoms with Crippen LogP contribution in [0, 0.1) is 5.92 Å². The number of ether oxygens (including phenoxy) is 1. The zero-order chi connectivity index (χ0) is 20.9. The van der Waals surface area contributed by atoms with Gasteiger partial charge in [-0.15, -0.1) is 0 Å². The summed E-state index contributed by atoms with van der Waals surface area (Å²) in [6.07, 6.45) is 2.31. The van der Waals surface area contributed by atoms with Gasteiger partial charge in [-0.3, -0.25) is 4.79 Å². The highest BCUT2D eigenvalue weighted by atomic mass is 32.2. The number of nitrogens with one attached hydrogen (secondary N) is 1. The molecule has 0 saturated carbocycles. The van der Waals surface area contributed by atoms with E-state index in [-0.39, 0.29) is 29.4 Å². The number of fused-ring (bicyclic) bond motifs is 1. The molecule has 1 amide bonds. The monoisotopic (exact) mass is 418 g/mol. The third-order valence-corrected chi connectivity index (χ3v) is 7.05. The summed E-state index contributed by atoms with van der Waals surface area (Å²) in [6.45, 7) is 5.77. The van der Waals surface area contributed by atoms with E-state index in [1.807, 2.05) is 44.2 Å². The summed E-state index contributed by atoms with van der Waals surface area (Å²) in [6, 6.07) is 12.9. The Morgan fingerprint density at radius 1 is 1.21 bits per heavy atom. The first-order valence-electron chi connectivity index (χ1n) is 10.3. The van der Waals surface area contributed by atoms with Crippen LogP contribution in [0.4, 0.5) is 0 Å². The lowest BCUT2D eigenvalue weighted by Gasteiger charge is -2.31. The lowest BCUT2D eigenvalue weighted by atomic mass is 9.99. The molecular formula is C22H30N2O4S. The van der Waals surface area contributed by atoms with Crippen LogP contribution < -0.4 is 5.32 Å². The molecule has 158 valence electrons. The molecule has 2 aromatic rings. The molecule has 6 nitrogen and oxygen atoms in total. The molecular weight excluding hydrogens is 388 g/mol. The molecule has 7 heteroatoms. The predicted molar refractivity (Wildman–Crippen MR) is 114 cm³/mol. The fourth-order valence-corrected chi connectivity index (χ4v) is 5.16. The number of hydrogen-bond donors (Lipinski definition) is 1. The van der Waals surface area contributed by atoms with Gasteiger partial charge in [0.1, 0.15) is 0 Å². The van der Waals surface area contributed by atoms with E-state index in [2.05, 4.69) is 5.32 Å². The number of carbonyl (C=O) groups is 1. The van der Waals surface area contributed by atoms with Crippen LogP contribution in [0.1, 0.15) is 33.1 Å². The van der Waals surface area contributed by atoms with E-state index in [1.54, 1.807) is 12.1 Å². The molecule has 0 spiro atoms. The SMILES string of the molecule is CC(C)OCCCNC(=O)[C@@H]1CCCN(S(=O)(=O)c2ccc3ccccc3c2)C1. The number of sulfonamides is 1. The highest BCUT2D eigenvalue weighted by molar-refractivity contribution is 7.89. The molecule has 1 saturated heterocycles. The van der Waals surface area contributed by atoms with Crippen LogP contribution in [0.2, 0.25) is 0 Å². The maximum absolute atomic E-state index is 13.1. The number of benzene rings is 2. The van der Waals surface area contributed by atoms with Crippen molar-refractivity contribution in [2.24, 2.45) is 5.92 Å². The summed E-state index contributed by atoms with van der Waals surface area (Å²) < 4.78 is 33.2. The quantitative estimate of drug-likeness (QED) is 0.668. The lowest BCUT2D eigenvalue weighted by Crippen LogP contribution is -2.45. The molecule has 0 unspecified atom stereocenters. The Labute approximate surface area is 173 Å². The summed E-state index contributed by atoms with van der Waals surface area (Å²) in [5.74, 6) is -0.391. The molecule has 1 aliphatic heterocycles. The van der Waals surface area contributed by atoms with E-state index in [0.717, 1.165) is 17.2 Å². The zero-order valence-corrected chi connectivity index (χ0v) is 18.0. The molecule has 2 aromatic carbocycles. The van der Waals surface area contributed by atoms with Crippen molar-refractivity contribution in [2.45, 2.75) is 44.1 Å². The van der Waals surface area contributed by atoms with Gasteiger partial charge in [-0.1, -0.05) is 30.3 Å². The van der Waals surface area contributed by atoms with Gasteiger partial charge in [0.05, 0.1) is 16.9 Å². The molecule has 1 N–H and O–H groups in total. The second-order valence-corrected chi connectivity index (χ2v) is 9.71. The van der Waals surface area contributed by atoms with Crippen molar-refractivity contribution in [1.29, 1.82) is 0 Å². The van der Waals surface area contributed by atoms with Crippen LogP contribution in [0.25, 0.3) is 10.8 Å². The zero-order valence-electron chi connectivity index (χ0n) is 17.1. The Balaban J connectivity index is 1.62. The minimum atomic E-state index is -3.63. The first kappa shape index (κ1) is 21.7. The minimum absolute atomic E-state index is 0.0760. The normalized spacial score (nSPS) is 18.2. The second kappa shape index (κ2) is 9.69. The minimum Gasteiger partial charge on any atom is -0.379 e. The van der Waals surface area contributed by atoms with Gasteiger partial charge < -0.3 is 10.1 Å². The van der Waals surface area contributed by atoms with E-state index in [9.17, 15) is 13.2 Å². The summed E-state index contributed by atoms with van der Waals surface area (Å²) in [7, 11) is -3.63. The summed E-state index contributed by atoms with van der Waals surface area (Å²) in [4.78, 5) is 12.8. The largest absolute Gasteiger partial charge is 0.379 e. The third kappa shape index (κ3) is 5.56. The van der Waals surface area contributed by atoms with Crippen LogP contribution in [-0.2, 0) is 19.6 Å². The van der Waals surface area contributed by atoms with Crippen LogP contribution in [0.3, 0.4) is 0 Å². The van der Waals surface area contributed by atoms with Gasteiger partial charge in [-0.25, -0.2) is 8.42 Å². The van der Waals surface area contributed by atoms with E-state index >= 15 is 0 Å². The van der Waals surface area contributed by atoms with Crippen molar-refractivity contribution >= 4 is 26.7 Å². The Kier molecular flexibility index (Phi) is 7.27. The van der Waals surface area contributed by atoms with Crippen molar-refractivity contribution < 1.29 is 17.9 Å². The van der Waals surface area contributed by atoms with Gasteiger partial charge in [0.15, 0.2) is 0 Å². The molecule has 1 aliphatic rings. The smallest absolute Gasteiger partial charge is 0.243 e. The van der Waals surface area contributed by atoms with Crippen molar-refractivity contribution in [2.75, 3.05) is 26.2 Å². The van der Waals surface area contributed by atoms with Gasteiger partial charge in [-0.2, -0.15) is 4.31 Å². The first-order valence-corrected chi connectivity index (χ1v) is 11.7. The van der Waals surface area contributed by atoms with Gasteiger partial charge in [0.2, 0.25) is 15.9 Å². The Morgan fingerprint density at radius 2 is 1.97 bits per heavy atom. The maximum atomic E-state index is 13.1. The molecule has 0 aromatic heterocycles. The van der Waals surface area contributed by atoms with Gasteiger partial charge in [0.25, 0.3) is 0 Å². The fraction of sp³-hybridized carbons (Fsp3) is 0.500. The predicted octanol–water partition coefficient (Wildman–Crippen LogP) is 3.17. The summed E-state index contributed by atoms with van der Waals surface area (Å²) in [5.41, 5.74) is 0. The van der Waals surface area contributed by atoms with Crippen molar-refractivity contribution in [3.63, 3.8) is 0 Å². The van der Waals surface area contributed by atoms with Crippen molar-refractivity contribution in [3.05, 3.63) is 42.5 Å². The molecule has 3 rings (SSSR count). The van der Waals surface area contributed by atoms with Crippen LogP contribution in [0.5, 0.6) is 0 Å². The summed E-state index contributed by atoms with van der Waals surface area (Å²) in [5, 5.41) is 4.82. The van der Waals surface area contributed by atoms with Gasteiger partial charge in [0, 0.05) is 26.2 Å². The Morgan fingerprint density at radius 3 is 2.72 bits per heavy atom. The van der Waals surface area contributed by atoms with Gasteiger partial charge in [-0.05, 0) is 56.0 Å². The Bertz CT molecular complexity index is 943. The number of amides is 1. The van der Waals surface area contributed by atoms with E-state index < -0.39 is 10.0 Å². The number of rotatable bonds is 8. The van der Waals surface area contributed by atoms with Crippen molar-refractivity contribution in [1.82, 2.24) is 9.62 Å². The molecule has 1 atom stereocenters. The first-order chi connectivity index (χ1) is 13.9. The van der Waals surface area contributed by atoms with E-state index in [1.165, 1.54) is 4.31 Å². The summed E-state index contributed by atoms with van der Waals surface area (Å²) >= 11 is 0. The molecule has 0 aliphatic carbocycles. The number of piperidine rings is 1. The molecule has 1 heterocycles. The van der Waals surface area contributed by atoms with Crippen LogP contribution in [-0.4, -0.2) is 51.0 Å². The topological polar surface area (TPSA) is 75.7 Å². The fourth-order valence-electron chi connectivity index (χ4n) is 3.60. The van der Waals surface area contributed by atoms with Gasteiger partial charge >= 0.3 is 0 Å². The standard InChI is InChI=1S/C22H30N2O4S/c1-17(2)28-14-6-12-23-22(25)20-9-5-13-24(16-20)29(26,27)21-11-10-18-7-3-4-8-19(18)15-21/h3-4,7-8,10-11,15,17,20H,5-6,9,12-14,16H2,1-2H3,(H,23,25)/t20-/m1/s1. The van der Waals surface area contributed by atoms with E-state index in [4.69, 9.17) is 4.74 Å². The average molecular weight is 419 g/mol. The number of carbonyl (C=O) groups excluding carboxylic acids is 1. The molecule has 29 heavy (non-hydrogen) atoms. The lowest BCUT2D eigenvalue weighted by molar-refractivity contribution is -0.126. The average Bonchev–Trinajstić information content (AvgIpc) is 2.73. The van der Waals surface area contributed by atoms with Crippen LogP contribution in [0.15, 0.2) is 47.4 Å². The molecule has 0 radical (unpaired) electrons. The second-order valence-electron chi connectivity index (χ2n) is 7.78. The molecule has 0 bridgehead atoms. The van der Waals surface area contributed by atoms with E-state index in [0.29, 0.717) is 32.5 Å². The van der Waals surface area contributed by atoms with Crippen molar-refractivity contribution in [3.8, 4) is 0 Å². The highest BCUT2D eigenvalue weighted by Gasteiger charge is 2.33. The number of nitrogens with zero attached hydrogens (tertiary/aromatic N) is 1.